The number of aryl methyl sites for hydroxylation is 1. The molecule has 0 aromatic carbocycles. The summed E-state index contributed by atoms with van der Waals surface area (Å²) < 4.78 is 1.94. The summed E-state index contributed by atoms with van der Waals surface area (Å²) in [5.41, 5.74) is 4.17. The van der Waals surface area contributed by atoms with Crippen molar-refractivity contribution >= 4 is 11.8 Å². The molecule has 0 unspecified atom stereocenters. The summed E-state index contributed by atoms with van der Waals surface area (Å²) in [7, 11) is 0. The Kier molecular flexibility index (Phi) is 4.15. The van der Waals surface area contributed by atoms with E-state index in [0.29, 0.717) is 5.75 Å². The highest BCUT2D eigenvalue weighted by Crippen LogP contribution is 2.33. The molecule has 2 heterocycles. The number of thioether (sulfide) groups is 1. The molecule has 1 aliphatic rings. The average molecular weight is 327 g/mol. The Labute approximate surface area is 141 Å². The molecule has 2 aromatic heterocycles. The molecule has 0 atom stereocenters. The summed E-state index contributed by atoms with van der Waals surface area (Å²) in [6.07, 6.45) is 4.80. The van der Waals surface area contributed by atoms with Gasteiger partial charge in [0.25, 0.3) is 0 Å². The molecule has 1 aliphatic carbocycles. The van der Waals surface area contributed by atoms with Gasteiger partial charge >= 0.3 is 0 Å². The third-order valence-corrected chi connectivity index (χ3v) is 5.14. The molecule has 6 heteroatoms. The third kappa shape index (κ3) is 2.98. The summed E-state index contributed by atoms with van der Waals surface area (Å²) in [5, 5.41) is 14.7. The van der Waals surface area contributed by atoms with Gasteiger partial charge in [0.15, 0.2) is 0 Å². The Bertz CT molecular complexity index is 780. The molecule has 0 amide bonds. The van der Waals surface area contributed by atoms with Gasteiger partial charge in [-0.05, 0) is 58.1 Å². The van der Waals surface area contributed by atoms with Crippen LogP contribution >= 0.6 is 11.8 Å². The number of hydrogen-bond donors (Lipinski definition) is 0. The SMILES string of the molecule is Cc1c(C#N)c(SCc2ncnn2C(C)(C)C)nc2c1CCC2. The van der Waals surface area contributed by atoms with Crippen molar-refractivity contribution < 1.29 is 0 Å². The quantitative estimate of drug-likeness (QED) is 0.808. The van der Waals surface area contributed by atoms with Crippen molar-refractivity contribution in [2.24, 2.45) is 0 Å². The van der Waals surface area contributed by atoms with Crippen molar-refractivity contribution in [2.45, 2.75) is 63.3 Å². The molecule has 0 fully saturated rings. The van der Waals surface area contributed by atoms with Crippen LogP contribution < -0.4 is 0 Å². The van der Waals surface area contributed by atoms with E-state index in [2.05, 4.69) is 36.9 Å². The van der Waals surface area contributed by atoms with E-state index in [4.69, 9.17) is 4.98 Å². The second-order valence-electron chi connectivity index (χ2n) is 6.86. The highest BCUT2D eigenvalue weighted by Gasteiger charge is 2.22. The molecule has 0 spiro atoms. The highest BCUT2D eigenvalue weighted by atomic mass is 32.2. The Balaban J connectivity index is 1.89. The van der Waals surface area contributed by atoms with Crippen molar-refractivity contribution in [3.05, 3.63) is 34.5 Å². The van der Waals surface area contributed by atoms with Gasteiger partial charge in [0.1, 0.15) is 23.2 Å². The largest absolute Gasteiger partial charge is 0.245 e. The van der Waals surface area contributed by atoms with Crippen LogP contribution in [0.2, 0.25) is 0 Å². The number of fused-ring (bicyclic) bond motifs is 1. The molecule has 0 saturated carbocycles. The van der Waals surface area contributed by atoms with Crippen molar-refractivity contribution in [2.75, 3.05) is 0 Å². The Morgan fingerprint density at radius 1 is 1.35 bits per heavy atom. The molecular formula is C17H21N5S. The van der Waals surface area contributed by atoms with E-state index in [1.165, 1.54) is 11.3 Å². The second kappa shape index (κ2) is 5.97. The Morgan fingerprint density at radius 2 is 2.13 bits per heavy atom. The van der Waals surface area contributed by atoms with E-state index in [1.807, 2.05) is 11.6 Å². The van der Waals surface area contributed by atoms with E-state index in [0.717, 1.165) is 41.2 Å². The van der Waals surface area contributed by atoms with E-state index in [-0.39, 0.29) is 5.54 Å². The fourth-order valence-electron chi connectivity index (χ4n) is 3.04. The zero-order valence-corrected chi connectivity index (χ0v) is 14.9. The maximum absolute atomic E-state index is 9.54. The van der Waals surface area contributed by atoms with E-state index >= 15 is 0 Å². The minimum atomic E-state index is -0.105. The number of rotatable bonds is 3. The number of nitrogens with zero attached hydrogens (tertiary/aromatic N) is 5. The summed E-state index contributed by atoms with van der Waals surface area (Å²) in [6, 6.07) is 2.34. The van der Waals surface area contributed by atoms with E-state index in [1.54, 1.807) is 18.1 Å². The van der Waals surface area contributed by atoms with E-state index < -0.39 is 0 Å². The predicted molar refractivity (Wildman–Crippen MR) is 90.3 cm³/mol. The van der Waals surface area contributed by atoms with Crippen LogP contribution in [0.5, 0.6) is 0 Å². The predicted octanol–water partition coefficient (Wildman–Crippen LogP) is 3.39. The molecule has 0 N–H and O–H groups in total. The summed E-state index contributed by atoms with van der Waals surface area (Å²) in [4.78, 5) is 9.13. The first-order valence-corrected chi connectivity index (χ1v) is 8.85. The van der Waals surface area contributed by atoms with Gasteiger partial charge < -0.3 is 0 Å². The first kappa shape index (κ1) is 16.0. The van der Waals surface area contributed by atoms with Crippen LogP contribution in [-0.2, 0) is 24.1 Å². The topological polar surface area (TPSA) is 67.4 Å². The van der Waals surface area contributed by atoms with Gasteiger partial charge in [-0.3, -0.25) is 0 Å². The van der Waals surface area contributed by atoms with Crippen LogP contribution in [0.3, 0.4) is 0 Å². The van der Waals surface area contributed by atoms with Gasteiger partial charge in [-0.15, -0.1) is 0 Å². The lowest BCUT2D eigenvalue weighted by Gasteiger charge is -2.21. The lowest BCUT2D eigenvalue weighted by atomic mass is 10.0. The molecule has 5 nitrogen and oxygen atoms in total. The molecule has 0 bridgehead atoms. The van der Waals surface area contributed by atoms with Crippen LogP contribution in [0.4, 0.5) is 0 Å². The standard InChI is InChI=1S/C17H21N5S/c1-11-12-6-5-7-14(12)21-16(13(11)8-18)23-9-15-19-10-20-22(15)17(2,3)4/h10H,5-7,9H2,1-4H3. The van der Waals surface area contributed by atoms with Crippen LogP contribution in [-0.4, -0.2) is 19.7 Å². The van der Waals surface area contributed by atoms with Crippen molar-refractivity contribution in [3.8, 4) is 6.07 Å². The normalized spacial score (nSPS) is 13.9. The lowest BCUT2D eigenvalue weighted by molar-refractivity contribution is 0.345. The average Bonchev–Trinajstić information content (AvgIpc) is 3.13. The second-order valence-corrected chi connectivity index (χ2v) is 7.82. The van der Waals surface area contributed by atoms with Crippen LogP contribution in [0, 0.1) is 18.3 Å². The summed E-state index contributed by atoms with van der Waals surface area (Å²) >= 11 is 1.58. The molecule has 2 aromatic rings. The summed E-state index contributed by atoms with van der Waals surface area (Å²) in [6.45, 7) is 8.36. The van der Waals surface area contributed by atoms with Gasteiger partial charge in [0.2, 0.25) is 0 Å². The fourth-order valence-corrected chi connectivity index (χ4v) is 4.02. The molecular weight excluding hydrogens is 306 g/mol. The number of hydrogen-bond acceptors (Lipinski definition) is 5. The molecule has 0 radical (unpaired) electrons. The van der Waals surface area contributed by atoms with Gasteiger partial charge in [0, 0.05) is 5.69 Å². The zero-order valence-electron chi connectivity index (χ0n) is 14.1. The lowest BCUT2D eigenvalue weighted by Crippen LogP contribution is -2.25. The first-order valence-electron chi connectivity index (χ1n) is 7.86. The molecule has 23 heavy (non-hydrogen) atoms. The van der Waals surface area contributed by atoms with Crippen molar-refractivity contribution in [1.82, 2.24) is 19.7 Å². The van der Waals surface area contributed by atoms with Gasteiger partial charge in [-0.1, -0.05) is 11.8 Å². The monoisotopic (exact) mass is 327 g/mol. The Morgan fingerprint density at radius 3 is 2.83 bits per heavy atom. The van der Waals surface area contributed by atoms with Crippen molar-refractivity contribution in [1.29, 1.82) is 5.26 Å². The third-order valence-electron chi connectivity index (χ3n) is 4.17. The van der Waals surface area contributed by atoms with Gasteiger partial charge in [0.05, 0.1) is 16.9 Å². The fraction of sp³-hybridized carbons (Fsp3) is 0.529. The van der Waals surface area contributed by atoms with Crippen LogP contribution in [0.15, 0.2) is 11.4 Å². The van der Waals surface area contributed by atoms with Gasteiger partial charge in [-0.2, -0.15) is 10.4 Å². The number of pyridine rings is 1. The van der Waals surface area contributed by atoms with Crippen LogP contribution in [0.1, 0.15) is 55.4 Å². The summed E-state index contributed by atoms with van der Waals surface area (Å²) in [5.74, 6) is 1.57. The molecule has 0 aliphatic heterocycles. The molecule has 0 saturated heterocycles. The maximum atomic E-state index is 9.54. The smallest absolute Gasteiger partial charge is 0.138 e. The Hall–Kier alpha value is -1.87. The molecule has 3 rings (SSSR count). The minimum absolute atomic E-state index is 0.105. The van der Waals surface area contributed by atoms with Crippen LogP contribution in [0.25, 0.3) is 0 Å². The molecule has 120 valence electrons. The maximum Gasteiger partial charge on any atom is 0.138 e. The number of nitriles is 1. The first-order chi connectivity index (χ1) is 10.9. The van der Waals surface area contributed by atoms with Crippen molar-refractivity contribution in [3.63, 3.8) is 0 Å². The number of aromatic nitrogens is 4. The van der Waals surface area contributed by atoms with E-state index in [9.17, 15) is 5.26 Å². The zero-order chi connectivity index (χ0) is 16.6. The minimum Gasteiger partial charge on any atom is -0.245 e. The van der Waals surface area contributed by atoms with Gasteiger partial charge in [-0.25, -0.2) is 14.6 Å². The highest BCUT2D eigenvalue weighted by molar-refractivity contribution is 7.98.